The van der Waals surface area contributed by atoms with E-state index in [0.717, 1.165) is 31.5 Å². The molecule has 1 aromatic rings. The molecule has 0 N–H and O–H groups in total. The first kappa shape index (κ1) is 15.3. The predicted octanol–water partition coefficient (Wildman–Crippen LogP) is 2.86. The van der Waals surface area contributed by atoms with Crippen molar-refractivity contribution in [1.82, 2.24) is 9.55 Å². The summed E-state index contributed by atoms with van der Waals surface area (Å²) >= 11 is 0. The zero-order valence-electron chi connectivity index (χ0n) is 12.2. The van der Waals surface area contributed by atoms with Gasteiger partial charge in [-0.05, 0) is 25.7 Å². The standard InChI is InChI=1S/C14H21ClN2O3S/c1-2-12-16-13(21(15,18)19)10-17(12)9-11-5-8-14(20-11)6-3-4-7-14/h10-11H,2-9H2,1H3. The molecule has 0 amide bonds. The van der Waals surface area contributed by atoms with Crippen molar-refractivity contribution in [3.05, 3.63) is 12.0 Å². The molecule has 1 spiro atoms. The summed E-state index contributed by atoms with van der Waals surface area (Å²) in [4.78, 5) is 4.12. The van der Waals surface area contributed by atoms with Gasteiger partial charge in [-0.2, -0.15) is 0 Å². The Hall–Kier alpha value is -0.590. The summed E-state index contributed by atoms with van der Waals surface area (Å²) in [6.45, 7) is 2.61. The van der Waals surface area contributed by atoms with Crippen molar-refractivity contribution in [2.75, 3.05) is 0 Å². The number of halogens is 1. The van der Waals surface area contributed by atoms with Gasteiger partial charge in [0.25, 0.3) is 9.05 Å². The van der Waals surface area contributed by atoms with E-state index in [2.05, 4.69) is 4.98 Å². The van der Waals surface area contributed by atoms with Crippen LogP contribution in [-0.4, -0.2) is 29.7 Å². The lowest BCUT2D eigenvalue weighted by molar-refractivity contribution is -0.0420. The van der Waals surface area contributed by atoms with Gasteiger partial charge in [-0.25, -0.2) is 13.4 Å². The monoisotopic (exact) mass is 332 g/mol. The topological polar surface area (TPSA) is 61.2 Å². The van der Waals surface area contributed by atoms with Crippen LogP contribution in [-0.2, 0) is 26.8 Å². The number of imidazole rings is 1. The second-order valence-electron chi connectivity index (χ2n) is 6.11. The van der Waals surface area contributed by atoms with Gasteiger partial charge in [0.05, 0.1) is 18.2 Å². The van der Waals surface area contributed by atoms with E-state index in [1.807, 2.05) is 11.5 Å². The van der Waals surface area contributed by atoms with E-state index in [1.165, 1.54) is 19.0 Å². The molecule has 3 rings (SSSR count). The van der Waals surface area contributed by atoms with Crippen LogP contribution in [0.5, 0.6) is 0 Å². The highest BCUT2D eigenvalue weighted by Gasteiger charge is 2.42. The van der Waals surface area contributed by atoms with Gasteiger partial charge >= 0.3 is 0 Å². The third-order valence-corrected chi connectivity index (χ3v) is 5.83. The molecule has 5 nitrogen and oxygen atoms in total. The Morgan fingerprint density at radius 3 is 2.76 bits per heavy atom. The molecule has 0 bridgehead atoms. The van der Waals surface area contributed by atoms with Crippen molar-refractivity contribution in [2.45, 2.75) is 75.1 Å². The minimum Gasteiger partial charge on any atom is -0.370 e. The molecule has 0 aromatic carbocycles. The van der Waals surface area contributed by atoms with E-state index in [1.54, 1.807) is 0 Å². The minimum absolute atomic E-state index is 0.0606. The summed E-state index contributed by atoms with van der Waals surface area (Å²) in [7, 11) is 1.61. The van der Waals surface area contributed by atoms with E-state index < -0.39 is 9.05 Å². The molecule has 1 aromatic heterocycles. The summed E-state index contributed by atoms with van der Waals surface area (Å²) in [5.74, 6) is 0.741. The third kappa shape index (κ3) is 3.12. The molecular formula is C14H21ClN2O3S. The van der Waals surface area contributed by atoms with E-state index in [-0.39, 0.29) is 16.7 Å². The highest BCUT2D eigenvalue weighted by Crippen LogP contribution is 2.43. The molecule has 1 atom stereocenters. The Balaban J connectivity index is 1.75. The third-order valence-electron chi connectivity index (χ3n) is 4.66. The van der Waals surface area contributed by atoms with Gasteiger partial charge < -0.3 is 9.30 Å². The largest absolute Gasteiger partial charge is 0.370 e. The molecule has 1 aliphatic heterocycles. The number of nitrogens with zero attached hydrogens (tertiary/aromatic N) is 2. The zero-order chi connectivity index (χ0) is 15.1. The number of hydrogen-bond donors (Lipinski definition) is 0. The molecule has 1 unspecified atom stereocenters. The Labute approximate surface area is 130 Å². The fourth-order valence-corrected chi connectivity index (χ4v) is 4.31. The Morgan fingerprint density at radius 1 is 1.43 bits per heavy atom. The predicted molar refractivity (Wildman–Crippen MR) is 79.9 cm³/mol. The average Bonchev–Trinajstić information content (AvgIpc) is 3.11. The van der Waals surface area contributed by atoms with Crippen LogP contribution in [0.1, 0.15) is 51.3 Å². The molecule has 118 valence electrons. The van der Waals surface area contributed by atoms with Crippen LogP contribution in [0.25, 0.3) is 0 Å². The lowest BCUT2D eigenvalue weighted by atomic mass is 9.98. The number of aromatic nitrogens is 2. The van der Waals surface area contributed by atoms with Gasteiger partial charge in [-0.15, -0.1) is 0 Å². The summed E-state index contributed by atoms with van der Waals surface area (Å²) < 4.78 is 31.0. The van der Waals surface area contributed by atoms with Crippen LogP contribution in [0, 0.1) is 0 Å². The van der Waals surface area contributed by atoms with E-state index in [0.29, 0.717) is 13.0 Å². The van der Waals surface area contributed by atoms with Crippen LogP contribution in [0.4, 0.5) is 0 Å². The summed E-state index contributed by atoms with van der Waals surface area (Å²) in [6, 6.07) is 0. The molecule has 1 saturated heterocycles. The maximum absolute atomic E-state index is 11.4. The van der Waals surface area contributed by atoms with Gasteiger partial charge in [0, 0.05) is 23.3 Å². The van der Waals surface area contributed by atoms with Crippen LogP contribution < -0.4 is 0 Å². The van der Waals surface area contributed by atoms with Crippen molar-refractivity contribution >= 4 is 19.7 Å². The highest BCUT2D eigenvalue weighted by molar-refractivity contribution is 8.13. The maximum atomic E-state index is 11.4. The molecule has 2 heterocycles. The van der Waals surface area contributed by atoms with Crippen LogP contribution in [0.3, 0.4) is 0 Å². The highest BCUT2D eigenvalue weighted by atomic mass is 35.7. The van der Waals surface area contributed by atoms with Gasteiger partial charge in [-0.3, -0.25) is 0 Å². The van der Waals surface area contributed by atoms with E-state index >= 15 is 0 Å². The van der Waals surface area contributed by atoms with Gasteiger partial charge in [0.1, 0.15) is 5.82 Å². The van der Waals surface area contributed by atoms with E-state index in [4.69, 9.17) is 15.4 Å². The van der Waals surface area contributed by atoms with Crippen molar-refractivity contribution < 1.29 is 13.2 Å². The molecule has 1 aliphatic carbocycles. The lowest BCUT2D eigenvalue weighted by Gasteiger charge is -2.24. The molecule has 2 aliphatic rings. The second kappa shape index (κ2) is 5.56. The minimum atomic E-state index is -3.77. The SMILES string of the molecule is CCc1nc(S(=O)(=O)Cl)cn1CC1CCC2(CCCC2)O1. The Morgan fingerprint density at radius 2 is 2.14 bits per heavy atom. The summed E-state index contributed by atoms with van der Waals surface area (Å²) in [5.41, 5.74) is 0.0962. The Kier molecular flexibility index (Phi) is 4.05. The average molecular weight is 333 g/mol. The van der Waals surface area contributed by atoms with Crippen molar-refractivity contribution in [3.8, 4) is 0 Å². The maximum Gasteiger partial charge on any atom is 0.280 e. The second-order valence-corrected chi connectivity index (χ2v) is 8.62. The Bertz CT molecular complexity index is 620. The quantitative estimate of drug-likeness (QED) is 0.795. The van der Waals surface area contributed by atoms with Gasteiger partial charge in [0.2, 0.25) is 0 Å². The molecule has 1 saturated carbocycles. The summed E-state index contributed by atoms with van der Waals surface area (Å²) in [6.07, 6.45) is 9.34. The van der Waals surface area contributed by atoms with Crippen LogP contribution in [0.2, 0.25) is 0 Å². The molecule has 2 fully saturated rings. The summed E-state index contributed by atoms with van der Waals surface area (Å²) in [5, 5.41) is -0.0606. The number of hydrogen-bond acceptors (Lipinski definition) is 4. The zero-order valence-corrected chi connectivity index (χ0v) is 13.8. The lowest BCUT2D eigenvalue weighted by Crippen LogP contribution is -2.26. The van der Waals surface area contributed by atoms with Crippen molar-refractivity contribution in [3.63, 3.8) is 0 Å². The fraction of sp³-hybridized carbons (Fsp3) is 0.786. The van der Waals surface area contributed by atoms with E-state index in [9.17, 15) is 8.42 Å². The van der Waals surface area contributed by atoms with Crippen molar-refractivity contribution in [1.29, 1.82) is 0 Å². The first-order valence-corrected chi connectivity index (χ1v) is 9.91. The molecular weight excluding hydrogens is 312 g/mol. The van der Waals surface area contributed by atoms with Crippen LogP contribution >= 0.6 is 10.7 Å². The number of ether oxygens (including phenoxy) is 1. The molecule has 0 radical (unpaired) electrons. The van der Waals surface area contributed by atoms with Gasteiger partial charge in [0.15, 0.2) is 5.03 Å². The fourth-order valence-electron chi connectivity index (χ4n) is 3.62. The normalized spacial score (nSPS) is 25.0. The number of aryl methyl sites for hydroxylation is 1. The smallest absolute Gasteiger partial charge is 0.280 e. The number of rotatable bonds is 4. The molecule has 21 heavy (non-hydrogen) atoms. The first-order valence-electron chi connectivity index (χ1n) is 7.60. The first-order chi connectivity index (χ1) is 9.92. The van der Waals surface area contributed by atoms with Gasteiger partial charge in [-0.1, -0.05) is 19.8 Å². The molecule has 7 heteroatoms. The van der Waals surface area contributed by atoms with Crippen LogP contribution in [0.15, 0.2) is 11.2 Å². The van der Waals surface area contributed by atoms with Crippen molar-refractivity contribution in [2.24, 2.45) is 0 Å².